The maximum Gasteiger partial charge on any atom is 0.123 e. The zero-order chi connectivity index (χ0) is 25.2. The standard InChI is InChI=1S/C35H26O2/c36-33-19-17-29(22-31(33)25-10-3-1-4-11-25)35(28-16-15-24-9-7-8-14-27(24)21-28)30-18-20-34(37)32(23-30)26-12-5-2-6-13-26/h1-23,35-37H. The molecule has 37 heavy (non-hydrogen) atoms. The van der Waals surface area contributed by atoms with Gasteiger partial charge in [0.05, 0.1) is 0 Å². The minimum Gasteiger partial charge on any atom is -0.507 e. The average Bonchev–Trinajstić information content (AvgIpc) is 2.96. The molecule has 0 aliphatic heterocycles. The van der Waals surface area contributed by atoms with Crippen LogP contribution in [0.1, 0.15) is 22.6 Å². The molecule has 2 nitrogen and oxygen atoms in total. The molecule has 6 rings (SSSR count). The van der Waals surface area contributed by atoms with Gasteiger partial charge in [0.25, 0.3) is 0 Å². The molecule has 0 radical (unpaired) electrons. The Kier molecular flexibility index (Phi) is 5.92. The molecule has 2 heteroatoms. The summed E-state index contributed by atoms with van der Waals surface area (Å²) in [5, 5.41) is 23.9. The number of fused-ring (bicyclic) bond motifs is 1. The molecule has 0 aliphatic carbocycles. The molecule has 0 unspecified atom stereocenters. The quantitative estimate of drug-likeness (QED) is 0.243. The summed E-state index contributed by atoms with van der Waals surface area (Å²) in [4.78, 5) is 0. The van der Waals surface area contributed by atoms with Gasteiger partial charge in [0.15, 0.2) is 0 Å². The van der Waals surface area contributed by atoms with Gasteiger partial charge >= 0.3 is 0 Å². The van der Waals surface area contributed by atoms with E-state index in [2.05, 4.69) is 54.6 Å². The van der Waals surface area contributed by atoms with E-state index in [1.54, 1.807) is 12.1 Å². The maximum atomic E-state index is 10.7. The van der Waals surface area contributed by atoms with Crippen LogP contribution < -0.4 is 0 Å². The van der Waals surface area contributed by atoms with E-state index in [0.717, 1.165) is 38.9 Å². The largest absolute Gasteiger partial charge is 0.507 e. The van der Waals surface area contributed by atoms with Gasteiger partial charge in [-0.2, -0.15) is 0 Å². The van der Waals surface area contributed by atoms with E-state index in [-0.39, 0.29) is 17.4 Å². The average molecular weight is 479 g/mol. The van der Waals surface area contributed by atoms with Crippen molar-refractivity contribution >= 4 is 10.8 Å². The number of benzene rings is 6. The minimum atomic E-state index is -0.101. The number of phenols is 2. The summed E-state index contributed by atoms with van der Waals surface area (Å²) in [6.07, 6.45) is 0. The minimum absolute atomic E-state index is 0.101. The lowest BCUT2D eigenvalue weighted by atomic mass is 9.82. The van der Waals surface area contributed by atoms with E-state index in [0.29, 0.717) is 0 Å². The molecular weight excluding hydrogens is 452 g/mol. The van der Waals surface area contributed by atoms with Gasteiger partial charge in [0.2, 0.25) is 0 Å². The first-order chi connectivity index (χ1) is 18.2. The Labute approximate surface area is 216 Å². The second-order valence-corrected chi connectivity index (χ2v) is 9.32. The van der Waals surface area contributed by atoms with Crippen LogP contribution in [-0.4, -0.2) is 10.2 Å². The van der Waals surface area contributed by atoms with Crippen molar-refractivity contribution in [2.75, 3.05) is 0 Å². The molecule has 0 fully saturated rings. The lowest BCUT2D eigenvalue weighted by molar-refractivity contribution is 0.477. The van der Waals surface area contributed by atoms with Gasteiger partial charge in [0, 0.05) is 17.0 Å². The summed E-state index contributed by atoms with van der Waals surface area (Å²) in [6.45, 7) is 0. The second-order valence-electron chi connectivity index (χ2n) is 9.32. The molecule has 0 aliphatic rings. The van der Waals surface area contributed by atoms with Gasteiger partial charge in [-0.3, -0.25) is 0 Å². The van der Waals surface area contributed by atoms with Crippen LogP contribution in [0.5, 0.6) is 11.5 Å². The highest BCUT2D eigenvalue weighted by atomic mass is 16.3. The molecular formula is C35H26O2. The van der Waals surface area contributed by atoms with Crippen LogP contribution in [0.25, 0.3) is 33.0 Å². The number of hydrogen-bond donors (Lipinski definition) is 2. The lowest BCUT2D eigenvalue weighted by Gasteiger charge is -2.22. The van der Waals surface area contributed by atoms with Gasteiger partial charge in [-0.1, -0.05) is 115 Å². The maximum absolute atomic E-state index is 10.7. The van der Waals surface area contributed by atoms with Crippen molar-refractivity contribution in [3.63, 3.8) is 0 Å². The van der Waals surface area contributed by atoms with Gasteiger partial charge in [-0.05, 0) is 62.9 Å². The summed E-state index contributed by atoms with van der Waals surface area (Å²) in [7, 11) is 0. The first-order valence-corrected chi connectivity index (χ1v) is 12.4. The van der Waals surface area contributed by atoms with Crippen LogP contribution >= 0.6 is 0 Å². The summed E-state index contributed by atoms with van der Waals surface area (Å²) < 4.78 is 0. The van der Waals surface area contributed by atoms with Gasteiger partial charge in [-0.15, -0.1) is 0 Å². The van der Waals surface area contributed by atoms with Crippen molar-refractivity contribution < 1.29 is 10.2 Å². The number of aromatic hydroxyl groups is 2. The van der Waals surface area contributed by atoms with E-state index in [1.807, 2.05) is 72.8 Å². The molecule has 0 saturated carbocycles. The van der Waals surface area contributed by atoms with E-state index in [1.165, 1.54) is 10.8 Å². The molecule has 6 aromatic carbocycles. The summed E-state index contributed by atoms with van der Waals surface area (Å²) in [6, 6.07) is 46.6. The van der Waals surface area contributed by atoms with E-state index >= 15 is 0 Å². The Balaban J connectivity index is 1.56. The highest BCUT2D eigenvalue weighted by Gasteiger charge is 2.21. The Morgan fingerprint density at radius 2 is 0.811 bits per heavy atom. The number of rotatable bonds is 5. The molecule has 6 aromatic rings. The van der Waals surface area contributed by atoms with Crippen molar-refractivity contribution in [1.82, 2.24) is 0 Å². The van der Waals surface area contributed by atoms with Crippen molar-refractivity contribution in [1.29, 1.82) is 0 Å². The fourth-order valence-electron chi connectivity index (χ4n) is 5.13. The zero-order valence-corrected chi connectivity index (χ0v) is 20.3. The van der Waals surface area contributed by atoms with Crippen molar-refractivity contribution in [3.05, 3.63) is 156 Å². The normalized spacial score (nSPS) is 11.2. The SMILES string of the molecule is Oc1ccc(C(c2ccc(O)c(-c3ccccc3)c2)c2ccc3ccccc3c2)cc1-c1ccccc1. The third-order valence-electron chi connectivity index (χ3n) is 6.98. The van der Waals surface area contributed by atoms with Gasteiger partial charge < -0.3 is 10.2 Å². The number of hydrogen-bond acceptors (Lipinski definition) is 2. The van der Waals surface area contributed by atoms with Gasteiger partial charge in [-0.25, -0.2) is 0 Å². The highest BCUT2D eigenvalue weighted by molar-refractivity contribution is 5.84. The topological polar surface area (TPSA) is 40.5 Å². The lowest BCUT2D eigenvalue weighted by Crippen LogP contribution is -2.04. The predicted molar refractivity (Wildman–Crippen MR) is 152 cm³/mol. The molecule has 0 saturated heterocycles. The fraction of sp³-hybridized carbons (Fsp3) is 0.0286. The fourth-order valence-corrected chi connectivity index (χ4v) is 5.13. The molecule has 0 heterocycles. The zero-order valence-electron chi connectivity index (χ0n) is 20.3. The Bertz CT molecular complexity index is 1600. The van der Waals surface area contributed by atoms with Crippen LogP contribution in [-0.2, 0) is 0 Å². The Morgan fingerprint density at radius 3 is 1.35 bits per heavy atom. The first kappa shape index (κ1) is 22.6. The summed E-state index contributed by atoms with van der Waals surface area (Å²) in [5.41, 5.74) is 6.81. The highest BCUT2D eigenvalue weighted by Crippen LogP contribution is 2.41. The van der Waals surface area contributed by atoms with Crippen LogP contribution in [0.15, 0.2) is 140 Å². The third-order valence-corrected chi connectivity index (χ3v) is 6.98. The van der Waals surface area contributed by atoms with Crippen molar-refractivity contribution in [2.24, 2.45) is 0 Å². The second kappa shape index (κ2) is 9.67. The smallest absolute Gasteiger partial charge is 0.123 e. The molecule has 0 bridgehead atoms. The van der Waals surface area contributed by atoms with E-state index < -0.39 is 0 Å². The monoisotopic (exact) mass is 478 g/mol. The first-order valence-electron chi connectivity index (χ1n) is 12.4. The van der Waals surface area contributed by atoms with Crippen LogP contribution in [0.4, 0.5) is 0 Å². The van der Waals surface area contributed by atoms with Crippen molar-refractivity contribution in [2.45, 2.75) is 5.92 Å². The molecule has 0 aromatic heterocycles. The van der Waals surface area contributed by atoms with Crippen LogP contribution in [0.2, 0.25) is 0 Å². The molecule has 0 atom stereocenters. The van der Waals surface area contributed by atoms with E-state index in [9.17, 15) is 10.2 Å². The van der Waals surface area contributed by atoms with Crippen molar-refractivity contribution in [3.8, 4) is 33.8 Å². The molecule has 2 N–H and O–H groups in total. The Morgan fingerprint density at radius 1 is 0.378 bits per heavy atom. The number of phenolic OH excluding ortho intramolecular Hbond substituents is 2. The van der Waals surface area contributed by atoms with E-state index in [4.69, 9.17) is 0 Å². The summed E-state index contributed by atoms with van der Waals surface area (Å²) >= 11 is 0. The molecule has 0 amide bonds. The van der Waals surface area contributed by atoms with Gasteiger partial charge in [0.1, 0.15) is 11.5 Å². The molecule has 0 spiro atoms. The molecule has 178 valence electrons. The Hall–Kier alpha value is -4.82. The van der Waals surface area contributed by atoms with Crippen LogP contribution in [0.3, 0.4) is 0 Å². The van der Waals surface area contributed by atoms with Crippen LogP contribution in [0, 0.1) is 0 Å². The third kappa shape index (κ3) is 4.46. The predicted octanol–water partition coefficient (Wildman–Crippen LogP) is 8.77. The summed E-state index contributed by atoms with van der Waals surface area (Å²) in [5.74, 6) is 0.404.